The molecule has 0 atom stereocenters. The maximum absolute atomic E-state index is 13.4. The number of amides is 1. The number of fused-ring (bicyclic) bond motifs is 1. The summed E-state index contributed by atoms with van der Waals surface area (Å²) in [6.07, 6.45) is 14.7. The van der Waals surface area contributed by atoms with Crippen LogP contribution in [-0.2, 0) is 11.3 Å². The molecule has 0 unspecified atom stereocenters. The highest BCUT2D eigenvalue weighted by Crippen LogP contribution is 2.53. The van der Waals surface area contributed by atoms with Crippen LogP contribution < -0.4 is 5.32 Å². The number of thioether (sulfide) groups is 1. The molecule has 4 fully saturated rings. The van der Waals surface area contributed by atoms with Gasteiger partial charge in [0.05, 0.1) is 5.56 Å². The van der Waals surface area contributed by atoms with Crippen LogP contribution in [0.25, 0.3) is 10.9 Å². The third kappa shape index (κ3) is 5.18. The number of unbranched alkanes of at least 4 members (excludes halogenated alkanes) is 4. The number of benzene rings is 1. The van der Waals surface area contributed by atoms with Crippen molar-refractivity contribution in [2.45, 2.75) is 83.7 Å². The van der Waals surface area contributed by atoms with Crippen molar-refractivity contribution in [1.82, 2.24) is 9.88 Å². The summed E-state index contributed by atoms with van der Waals surface area (Å²) in [5.74, 6) is 4.33. The molecule has 1 aromatic carbocycles. The predicted molar refractivity (Wildman–Crippen MR) is 136 cm³/mol. The molecule has 1 aromatic heterocycles. The molecule has 6 rings (SSSR count). The summed E-state index contributed by atoms with van der Waals surface area (Å²) in [6, 6.07) is 8.75. The Kier molecular flexibility index (Phi) is 7.15. The van der Waals surface area contributed by atoms with Gasteiger partial charge in [-0.05, 0) is 74.7 Å². The SMILES string of the molecule is CC(=O)SCCCCCCCn1cc(C(=O)NC2C3CC4CC(C3)CC2C4)c2ccccc21. The van der Waals surface area contributed by atoms with Crippen molar-refractivity contribution >= 4 is 33.7 Å². The van der Waals surface area contributed by atoms with Crippen LogP contribution in [0.1, 0.15) is 81.5 Å². The zero-order chi connectivity index (χ0) is 22.8. The van der Waals surface area contributed by atoms with Crippen LogP contribution in [0.4, 0.5) is 0 Å². The summed E-state index contributed by atoms with van der Waals surface area (Å²) in [4.78, 5) is 24.4. The molecule has 0 saturated heterocycles. The highest BCUT2D eigenvalue weighted by molar-refractivity contribution is 8.13. The smallest absolute Gasteiger partial charge is 0.253 e. The fourth-order valence-electron chi connectivity index (χ4n) is 7.13. The number of rotatable bonds is 10. The lowest BCUT2D eigenvalue weighted by Crippen LogP contribution is -2.55. The maximum Gasteiger partial charge on any atom is 0.253 e. The van der Waals surface area contributed by atoms with Gasteiger partial charge in [0.2, 0.25) is 0 Å². The number of nitrogens with one attached hydrogen (secondary N) is 1. The molecule has 33 heavy (non-hydrogen) atoms. The molecule has 1 N–H and O–H groups in total. The van der Waals surface area contributed by atoms with E-state index in [9.17, 15) is 9.59 Å². The third-order valence-electron chi connectivity index (χ3n) is 8.41. The second-order valence-electron chi connectivity index (χ2n) is 10.8. The summed E-state index contributed by atoms with van der Waals surface area (Å²) in [5, 5.41) is 4.81. The van der Waals surface area contributed by atoms with Crippen LogP contribution in [0.15, 0.2) is 30.5 Å². The molecule has 0 spiro atoms. The van der Waals surface area contributed by atoms with Crippen molar-refractivity contribution < 1.29 is 9.59 Å². The Bertz CT molecular complexity index is 969. The summed E-state index contributed by atoms with van der Waals surface area (Å²) in [5.41, 5.74) is 2.02. The number of aromatic nitrogens is 1. The molecule has 1 heterocycles. The van der Waals surface area contributed by atoms with Gasteiger partial charge in [0, 0.05) is 42.4 Å². The van der Waals surface area contributed by atoms with Gasteiger partial charge < -0.3 is 9.88 Å². The lowest BCUT2D eigenvalue weighted by Gasteiger charge is -2.54. The van der Waals surface area contributed by atoms with Crippen molar-refractivity contribution in [3.63, 3.8) is 0 Å². The van der Waals surface area contributed by atoms with E-state index in [-0.39, 0.29) is 11.0 Å². The van der Waals surface area contributed by atoms with Gasteiger partial charge in [0.1, 0.15) is 0 Å². The fourth-order valence-corrected chi connectivity index (χ4v) is 7.77. The second kappa shape index (κ2) is 10.2. The van der Waals surface area contributed by atoms with Crippen molar-refractivity contribution in [2.75, 3.05) is 5.75 Å². The largest absolute Gasteiger partial charge is 0.349 e. The normalized spacial score (nSPS) is 27.8. The lowest BCUT2D eigenvalue weighted by molar-refractivity contribution is -0.109. The van der Waals surface area contributed by atoms with Gasteiger partial charge in [-0.2, -0.15) is 0 Å². The molecule has 4 saturated carbocycles. The van der Waals surface area contributed by atoms with E-state index < -0.39 is 0 Å². The minimum absolute atomic E-state index is 0.130. The van der Waals surface area contributed by atoms with Crippen molar-refractivity contribution in [3.8, 4) is 0 Å². The Morgan fingerprint density at radius 2 is 1.61 bits per heavy atom. The van der Waals surface area contributed by atoms with Crippen LogP contribution >= 0.6 is 11.8 Å². The zero-order valence-electron chi connectivity index (χ0n) is 19.9. The average molecular weight is 467 g/mol. The Balaban J connectivity index is 1.18. The first-order valence-electron chi connectivity index (χ1n) is 13.1. The highest BCUT2D eigenvalue weighted by atomic mass is 32.2. The highest BCUT2D eigenvalue weighted by Gasteiger charge is 2.48. The Labute approximate surface area is 202 Å². The van der Waals surface area contributed by atoms with E-state index in [1.54, 1.807) is 6.92 Å². The van der Waals surface area contributed by atoms with Crippen molar-refractivity contribution in [3.05, 3.63) is 36.0 Å². The molecular weight excluding hydrogens is 428 g/mol. The van der Waals surface area contributed by atoms with E-state index in [1.165, 1.54) is 68.6 Å². The second-order valence-corrected chi connectivity index (χ2v) is 12.1. The van der Waals surface area contributed by atoms with Gasteiger partial charge in [-0.15, -0.1) is 0 Å². The minimum Gasteiger partial charge on any atom is -0.349 e. The molecule has 5 heteroatoms. The number of nitrogens with zero attached hydrogens (tertiary/aromatic N) is 1. The molecule has 4 aliphatic rings. The van der Waals surface area contributed by atoms with Crippen LogP contribution in [-0.4, -0.2) is 27.4 Å². The summed E-state index contributed by atoms with van der Waals surface area (Å²) < 4.78 is 2.28. The maximum atomic E-state index is 13.4. The molecule has 178 valence electrons. The number of hydrogen-bond acceptors (Lipinski definition) is 3. The fraction of sp³-hybridized carbons (Fsp3) is 0.643. The van der Waals surface area contributed by atoms with Crippen molar-refractivity contribution in [2.24, 2.45) is 23.7 Å². The van der Waals surface area contributed by atoms with Crippen molar-refractivity contribution in [1.29, 1.82) is 0 Å². The van der Waals surface area contributed by atoms with Gasteiger partial charge in [0.25, 0.3) is 5.91 Å². The summed E-state index contributed by atoms with van der Waals surface area (Å²) in [6.45, 7) is 2.59. The average Bonchev–Trinajstić information content (AvgIpc) is 3.16. The van der Waals surface area contributed by atoms with Gasteiger partial charge in [0.15, 0.2) is 5.12 Å². The van der Waals surface area contributed by atoms with Gasteiger partial charge in [-0.1, -0.05) is 49.2 Å². The van der Waals surface area contributed by atoms with E-state index in [0.29, 0.717) is 17.9 Å². The molecule has 4 nitrogen and oxygen atoms in total. The standard InChI is InChI=1S/C28H38N2O2S/c1-19(31)33-12-8-4-2-3-7-11-30-18-25(24-9-5-6-10-26(24)30)28(32)29-27-22-14-20-13-21(16-22)17-23(27)15-20/h5-6,9-10,18,20-23,27H,2-4,7-8,11-17H2,1H3,(H,29,32). The van der Waals surface area contributed by atoms with Gasteiger partial charge >= 0.3 is 0 Å². The van der Waals surface area contributed by atoms with Gasteiger partial charge in [-0.3, -0.25) is 9.59 Å². The molecular formula is C28H38N2O2S. The third-order valence-corrected chi connectivity index (χ3v) is 9.31. The Morgan fingerprint density at radius 3 is 2.33 bits per heavy atom. The monoisotopic (exact) mass is 466 g/mol. The van der Waals surface area contributed by atoms with Gasteiger partial charge in [-0.25, -0.2) is 0 Å². The molecule has 4 bridgehead atoms. The quantitative estimate of drug-likeness (QED) is 0.411. The Hall–Kier alpha value is -1.75. The molecule has 2 aromatic rings. The number of aryl methyl sites for hydroxylation is 1. The first-order chi connectivity index (χ1) is 16.1. The molecule has 1 amide bonds. The first-order valence-corrected chi connectivity index (χ1v) is 14.1. The zero-order valence-corrected chi connectivity index (χ0v) is 20.7. The minimum atomic E-state index is 0.130. The Morgan fingerprint density at radius 1 is 0.939 bits per heavy atom. The molecule has 0 aliphatic heterocycles. The molecule has 4 aliphatic carbocycles. The predicted octanol–water partition coefficient (Wildman–Crippen LogP) is 6.43. The molecule has 0 radical (unpaired) electrons. The summed E-state index contributed by atoms with van der Waals surface area (Å²) in [7, 11) is 0. The first kappa shape index (κ1) is 23.0. The van der Waals surface area contributed by atoms with E-state index in [0.717, 1.165) is 47.9 Å². The topological polar surface area (TPSA) is 51.1 Å². The summed E-state index contributed by atoms with van der Waals surface area (Å²) >= 11 is 1.44. The van der Waals surface area contributed by atoms with Crippen LogP contribution in [0.5, 0.6) is 0 Å². The van der Waals surface area contributed by atoms with E-state index in [2.05, 4.69) is 34.3 Å². The number of para-hydroxylation sites is 1. The number of hydrogen-bond donors (Lipinski definition) is 1. The number of carbonyl (C=O) groups is 2. The van der Waals surface area contributed by atoms with E-state index in [1.807, 2.05) is 6.07 Å². The van der Waals surface area contributed by atoms with Crippen LogP contribution in [0.3, 0.4) is 0 Å². The van der Waals surface area contributed by atoms with Crippen LogP contribution in [0.2, 0.25) is 0 Å². The number of carbonyl (C=O) groups excluding carboxylic acids is 2. The van der Waals surface area contributed by atoms with E-state index in [4.69, 9.17) is 0 Å². The lowest BCUT2D eigenvalue weighted by atomic mass is 9.54. The van der Waals surface area contributed by atoms with E-state index >= 15 is 0 Å². The van der Waals surface area contributed by atoms with Crippen LogP contribution in [0, 0.1) is 23.7 Å².